The highest BCUT2D eigenvalue weighted by molar-refractivity contribution is 5.76. The summed E-state index contributed by atoms with van der Waals surface area (Å²) in [6.07, 6.45) is 45.9. The first-order valence-electron chi connectivity index (χ1n) is 27.7. The number of aliphatic hydroxyl groups excluding tert-OH is 5. The Bertz CT molecular complexity index is 955. The van der Waals surface area contributed by atoms with Crippen LogP contribution in [0.1, 0.15) is 284 Å². The van der Waals surface area contributed by atoms with Gasteiger partial charge in [-0.25, -0.2) is 0 Å². The van der Waals surface area contributed by atoms with Crippen molar-refractivity contribution in [1.29, 1.82) is 0 Å². The molecule has 0 bridgehead atoms. The summed E-state index contributed by atoms with van der Waals surface area (Å²) in [7, 11) is 0. The zero-order valence-corrected chi connectivity index (χ0v) is 41.6. The zero-order chi connectivity index (χ0) is 45.9. The minimum atomic E-state index is -1.55. The molecule has 7 atom stereocenters. The van der Waals surface area contributed by atoms with Crippen molar-refractivity contribution >= 4 is 5.91 Å². The van der Waals surface area contributed by atoms with Crippen molar-refractivity contribution < 1.29 is 39.8 Å². The van der Waals surface area contributed by atoms with Gasteiger partial charge in [-0.1, -0.05) is 264 Å². The van der Waals surface area contributed by atoms with Gasteiger partial charge in [-0.05, 0) is 12.8 Å². The van der Waals surface area contributed by atoms with Gasteiger partial charge in [0.2, 0.25) is 5.91 Å². The summed E-state index contributed by atoms with van der Waals surface area (Å²) in [4.78, 5) is 12.9. The lowest BCUT2D eigenvalue weighted by molar-refractivity contribution is -0.302. The van der Waals surface area contributed by atoms with Gasteiger partial charge in [-0.15, -0.1) is 0 Å². The molecule has 1 heterocycles. The maximum absolute atomic E-state index is 12.9. The lowest BCUT2D eigenvalue weighted by Crippen LogP contribution is -2.60. The van der Waals surface area contributed by atoms with Gasteiger partial charge in [0.05, 0.1) is 25.4 Å². The Hall–Kier alpha value is -0.810. The summed E-state index contributed by atoms with van der Waals surface area (Å²) in [5.74, 6) is -0.143. The van der Waals surface area contributed by atoms with Gasteiger partial charge in [0.1, 0.15) is 24.4 Å². The van der Waals surface area contributed by atoms with Crippen LogP contribution < -0.4 is 5.32 Å². The fourth-order valence-electron chi connectivity index (χ4n) is 9.28. The van der Waals surface area contributed by atoms with Crippen molar-refractivity contribution in [2.45, 2.75) is 326 Å². The molecule has 6 N–H and O–H groups in total. The molecule has 0 aromatic carbocycles. The number of aliphatic hydroxyl groups is 5. The number of amides is 1. The molecule has 9 heteroatoms. The molecular formula is C54H107NO8. The van der Waals surface area contributed by atoms with E-state index in [0.29, 0.717) is 12.8 Å². The third-order valence-corrected chi connectivity index (χ3v) is 13.7. The van der Waals surface area contributed by atoms with Crippen LogP contribution in [0, 0.1) is 0 Å². The van der Waals surface area contributed by atoms with E-state index in [1.807, 2.05) is 0 Å². The van der Waals surface area contributed by atoms with Gasteiger partial charge in [-0.3, -0.25) is 4.79 Å². The number of rotatable bonds is 48. The topological polar surface area (TPSA) is 149 Å². The Morgan fingerprint density at radius 3 is 1.13 bits per heavy atom. The summed E-state index contributed by atoms with van der Waals surface area (Å²) in [6, 6.07) is -0.711. The molecule has 1 aliphatic rings. The average molecular weight is 898 g/mol. The number of hydrogen-bond acceptors (Lipinski definition) is 8. The summed E-state index contributed by atoms with van der Waals surface area (Å²) in [5.41, 5.74) is 0. The molecule has 1 aliphatic heterocycles. The van der Waals surface area contributed by atoms with Crippen LogP contribution in [0.25, 0.3) is 0 Å². The first kappa shape index (κ1) is 60.2. The maximum atomic E-state index is 12.9. The van der Waals surface area contributed by atoms with Crippen LogP contribution in [0.15, 0.2) is 0 Å². The van der Waals surface area contributed by atoms with Crippen LogP contribution in [0.3, 0.4) is 0 Å². The molecule has 0 radical (unpaired) electrons. The molecule has 1 saturated heterocycles. The van der Waals surface area contributed by atoms with E-state index in [1.54, 1.807) is 0 Å². The SMILES string of the molecule is CCCCCCCCCCCCCCCCCCCCCCCCCCCCCCCCCC(O)C(COC1OC(CO)C(O)C(O)C1O)NC(=O)CCCCCCCCCCC. The molecule has 7 unspecified atom stereocenters. The zero-order valence-electron chi connectivity index (χ0n) is 41.6. The van der Waals surface area contributed by atoms with Crippen molar-refractivity contribution in [2.24, 2.45) is 0 Å². The van der Waals surface area contributed by atoms with E-state index in [2.05, 4.69) is 19.2 Å². The molecule has 0 aromatic heterocycles. The van der Waals surface area contributed by atoms with Crippen molar-refractivity contribution in [3.05, 3.63) is 0 Å². The van der Waals surface area contributed by atoms with Crippen molar-refractivity contribution in [1.82, 2.24) is 5.32 Å². The van der Waals surface area contributed by atoms with E-state index in [9.17, 15) is 30.3 Å². The van der Waals surface area contributed by atoms with Gasteiger partial charge in [0.25, 0.3) is 0 Å². The van der Waals surface area contributed by atoms with Crippen LogP contribution in [0.2, 0.25) is 0 Å². The highest BCUT2D eigenvalue weighted by Crippen LogP contribution is 2.23. The van der Waals surface area contributed by atoms with E-state index >= 15 is 0 Å². The molecular weight excluding hydrogens is 791 g/mol. The summed E-state index contributed by atoms with van der Waals surface area (Å²) in [6.45, 7) is 3.84. The highest BCUT2D eigenvalue weighted by atomic mass is 16.7. The monoisotopic (exact) mass is 898 g/mol. The summed E-state index contributed by atoms with van der Waals surface area (Å²) < 4.78 is 11.3. The van der Waals surface area contributed by atoms with Crippen LogP contribution >= 0.6 is 0 Å². The van der Waals surface area contributed by atoms with E-state index in [0.717, 1.165) is 38.5 Å². The first-order valence-corrected chi connectivity index (χ1v) is 27.7. The number of hydrogen-bond donors (Lipinski definition) is 6. The van der Waals surface area contributed by atoms with Gasteiger partial charge in [-0.2, -0.15) is 0 Å². The second-order valence-corrected chi connectivity index (χ2v) is 19.7. The molecule has 63 heavy (non-hydrogen) atoms. The quantitative estimate of drug-likeness (QED) is 0.0331. The first-order chi connectivity index (χ1) is 30.8. The summed E-state index contributed by atoms with van der Waals surface area (Å²) >= 11 is 0. The number of carbonyl (C=O) groups is 1. The van der Waals surface area contributed by atoms with Gasteiger partial charge in [0, 0.05) is 6.42 Å². The maximum Gasteiger partial charge on any atom is 0.220 e. The van der Waals surface area contributed by atoms with Crippen molar-refractivity contribution in [2.75, 3.05) is 13.2 Å². The van der Waals surface area contributed by atoms with Crippen LogP contribution in [-0.4, -0.2) is 87.5 Å². The Morgan fingerprint density at radius 2 is 0.794 bits per heavy atom. The molecule has 1 fully saturated rings. The molecule has 0 aromatic rings. The fraction of sp³-hybridized carbons (Fsp3) is 0.981. The Morgan fingerprint density at radius 1 is 0.476 bits per heavy atom. The molecule has 0 spiro atoms. The molecule has 1 rings (SSSR count). The van der Waals surface area contributed by atoms with E-state index in [1.165, 1.54) is 218 Å². The normalized spacial score (nSPS) is 20.0. The Labute approximate surface area is 389 Å². The minimum Gasteiger partial charge on any atom is -0.394 e. The number of ether oxygens (including phenoxy) is 2. The minimum absolute atomic E-state index is 0.132. The van der Waals surface area contributed by atoms with Gasteiger partial charge < -0.3 is 40.3 Å². The van der Waals surface area contributed by atoms with E-state index in [-0.39, 0.29) is 12.5 Å². The standard InChI is InChI=1S/C54H107NO8/c1-3-5-7-9-11-13-14-15-16-17-18-19-20-21-22-23-24-25-26-27-28-29-30-31-32-33-34-36-37-39-41-43-48(57)47(46-62-54-53(61)52(60)51(59)49(45-56)63-54)55-50(58)44-42-40-38-35-12-10-8-6-4-2/h47-49,51-54,56-57,59-61H,3-46H2,1-2H3,(H,55,58). The third kappa shape index (κ3) is 35.1. The van der Waals surface area contributed by atoms with E-state index < -0.39 is 49.5 Å². The largest absolute Gasteiger partial charge is 0.394 e. The number of carbonyl (C=O) groups excluding carboxylic acids is 1. The Kier molecular flexibility index (Phi) is 43.0. The van der Waals surface area contributed by atoms with Gasteiger partial charge >= 0.3 is 0 Å². The van der Waals surface area contributed by atoms with Crippen molar-refractivity contribution in [3.63, 3.8) is 0 Å². The molecule has 1 amide bonds. The van der Waals surface area contributed by atoms with Crippen LogP contribution in [-0.2, 0) is 14.3 Å². The predicted octanol–water partition coefficient (Wildman–Crippen LogP) is 13.1. The van der Waals surface area contributed by atoms with Crippen molar-refractivity contribution in [3.8, 4) is 0 Å². The van der Waals surface area contributed by atoms with Crippen LogP contribution in [0.4, 0.5) is 0 Å². The highest BCUT2D eigenvalue weighted by Gasteiger charge is 2.44. The number of nitrogens with one attached hydrogen (secondary N) is 1. The molecule has 0 saturated carbocycles. The lowest BCUT2D eigenvalue weighted by atomic mass is 9.99. The average Bonchev–Trinajstić information content (AvgIpc) is 3.28. The second-order valence-electron chi connectivity index (χ2n) is 19.7. The predicted molar refractivity (Wildman–Crippen MR) is 263 cm³/mol. The molecule has 0 aliphatic carbocycles. The fourth-order valence-corrected chi connectivity index (χ4v) is 9.28. The van der Waals surface area contributed by atoms with Gasteiger partial charge in [0.15, 0.2) is 6.29 Å². The second kappa shape index (κ2) is 45.0. The van der Waals surface area contributed by atoms with Crippen LogP contribution in [0.5, 0.6) is 0 Å². The van der Waals surface area contributed by atoms with E-state index in [4.69, 9.17) is 9.47 Å². The molecule has 376 valence electrons. The lowest BCUT2D eigenvalue weighted by Gasteiger charge is -2.40. The molecule has 9 nitrogen and oxygen atoms in total. The number of unbranched alkanes of at least 4 members (excludes halogenated alkanes) is 38. The summed E-state index contributed by atoms with van der Waals surface area (Å²) in [5, 5.41) is 54.4. The third-order valence-electron chi connectivity index (χ3n) is 13.7. The smallest absolute Gasteiger partial charge is 0.220 e. The Balaban J connectivity index is 2.07.